The van der Waals surface area contributed by atoms with Crippen molar-refractivity contribution in [2.45, 2.75) is 27.3 Å². The molecule has 4 rings (SSSR count). The number of aromatic nitrogens is 1. The van der Waals surface area contributed by atoms with Gasteiger partial charge in [0.2, 0.25) is 0 Å². The Morgan fingerprint density at radius 1 is 0.895 bits per heavy atom. The lowest BCUT2D eigenvalue weighted by atomic mass is 10.1. The first kappa shape index (κ1) is 26.6. The van der Waals surface area contributed by atoms with Crippen molar-refractivity contribution in [2.75, 3.05) is 32.6 Å². The van der Waals surface area contributed by atoms with Crippen molar-refractivity contribution in [3.05, 3.63) is 83.6 Å². The summed E-state index contributed by atoms with van der Waals surface area (Å²) in [7, 11) is 3.05. The fourth-order valence-electron chi connectivity index (χ4n) is 4.42. The quantitative estimate of drug-likeness (QED) is 0.291. The first-order valence-corrected chi connectivity index (χ1v) is 12.6. The summed E-state index contributed by atoms with van der Waals surface area (Å²) in [5, 5.41) is 3.74. The van der Waals surface area contributed by atoms with Crippen LogP contribution in [0.25, 0.3) is 10.9 Å². The fraction of sp³-hybridized carbons (Fsp3) is 0.267. The molecule has 0 aliphatic heterocycles. The second-order valence-electron chi connectivity index (χ2n) is 8.87. The van der Waals surface area contributed by atoms with Crippen molar-refractivity contribution < 1.29 is 23.8 Å². The summed E-state index contributed by atoms with van der Waals surface area (Å²) in [5.41, 5.74) is 4.05. The first-order chi connectivity index (χ1) is 18.4. The maximum absolute atomic E-state index is 13.4. The van der Waals surface area contributed by atoms with Gasteiger partial charge in [-0.05, 0) is 62.7 Å². The standard InChI is InChI=1S/C30H33N3O5/c1-6-32(7-2)30(35)38-26-14-12-24-23(15-16-33(24)19-21-10-8-9-20(3)17-21)28(26)31-29(34)22-11-13-25(36-4)27(18-22)37-5/h8-18H,6-7,19H2,1-5H3,(H,31,34). The van der Waals surface area contributed by atoms with Gasteiger partial charge < -0.3 is 29.0 Å². The van der Waals surface area contributed by atoms with Crippen LogP contribution in [0.2, 0.25) is 0 Å². The van der Waals surface area contributed by atoms with E-state index in [1.807, 2.05) is 38.2 Å². The summed E-state index contributed by atoms with van der Waals surface area (Å²) in [4.78, 5) is 27.8. The summed E-state index contributed by atoms with van der Waals surface area (Å²) < 4.78 is 18.5. The number of rotatable bonds is 9. The van der Waals surface area contributed by atoms with Crippen molar-refractivity contribution >= 4 is 28.6 Å². The minimum Gasteiger partial charge on any atom is -0.493 e. The molecule has 0 aliphatic rings. The highest BCUT2D eigenvalue weighted by atomic mass is 16.6. The third-order valence-electron chi connectivity index (χ3n) is 6.45. The predicted octanol–water partition coefficient (Wildman–Crippen LogP) is 6.11. The number of amides is 2. The first-order valence-electron chi connectivity index (χ1n) is 12.6. The van der Waals surface area contributed by atoms with Crippen LogP contribution in [0.1, 0.15) is 35.3 Å². The van der Waals surface area contributed by atoms with E-state index in [1.54, 1.807) is 29.2 Å². The number of carbonyl (C=O) groups is 2. The Kier molecular flexibility index (Phi) is 8.21. The molecule has 8 nitrogen and oxygen atoms in total. The third kappa shape index (κ3) is 5.59. The lowest BCUT2D eigenvalue weighted by Crippen LogP contribution is -2.33. The molecule has 1 heterocycles. The number of nitrogens with zero attached hydrogens (tertiary/aromatic N) is 2. The molecule has 0 atom stereocenters. The molecule has 0 radical (unpaired) electrons. The number of benzene rings is 3. The molecule has 3 aromatic carbocycles. The molecule has 2 amide bonds. The highest BCUT2D eigenvalue weighted by Gasteiger charge is 2.21. The Labute approximate surface area is 222 Å². The average molecular weight is 516 g/mol. The summed E-state index contributed by atoms with van der Waals surface area (Å²) in [6, 6.07) is 18.8. The van der Waals surface area contributed by atoms with Crippen molar-refractivity contribution in [1.82, 2.24) is 9.47 Å². The molecule has 1 aromatic heterocycles. The summed E-state index contributed by atoms with van der Waals surface area (Å²) in [5.74, 6) is 0.866. The molecule has 0 fully saturated rings. The normalized spacial score (nSPS) is 10.8. The topological polar surface area (TPSA) is 82.0 Å². The molecule has 4 aromatic rings. The van der Waals surface area contributed by atoms with E-state index in [9.17, 15) is 9.59 Å². The smallest absolute Gasteiger partial charge is 0.415 e. The van der Waals surface area contributed by atoms with Crippen molar-refractivity contribution in [3.8, 4) is 17.2 Å². The highest BCUT2D eigenvalue weighted by Crippen LogP contribution is 2.36. The summed E-state index contributed by atoms with van der Waals surface area (Å²) in [6.45, 7) is 7.52. The van der Waals surface area contributed by atoms with E-state index in [2.05, 4.69) is 35.0 Å². The van der Waals surface area contributed by atoms with E-state index in [0.717, 1.165) is 16.5 Å². The lowest BCUT2D eigenvalue weighted by Gasteiger charge is -2.20. The second kappa shape index (κ2) is 11.7. The Balaban J connectivity index is 1.74. The minimum absolute atomic E-state index is 0.275. The number of hydrogen-bond acceptors (Lipinski definition) is 5. The largest absolute Gasteiger partial charge is 0.493 e. The second-order valence-corrected chi connectivity index (χ2v) is 8.87. The third-order valence-corrected chi connectivity index (χ3v) is 6.45. The number of fused-ring (bicyclic) bond motifs is 1. The maximum Gasteiger partial charge on any atom is 0.415 e. The van der Waals surface area contributed by atoms with Crippen LogP contribution in [0.15, 0.2) is 66.9 Å². The monoisotopic (exact) mass is 515 g/mol. The van der Waals surface area contributed by atoms with Gasteiger partial charge in [-0.25, -0.2) is 4.79 Å². The van der Waals surface area contributed by atoms with E-state index in [-0.39, 0.29) is 11.7 Å². The number of methoxy groups -OCH3 is 2. The Morgan fingerprint density at radius 2 is 1.63 bits per heavy atom. The van der Waals surface area contributed by atoms with Gasteiger partial charge in [0, 0.05) is 36.8 Å². The van der Waals surface area contributed by atoms with Gasteiger partial charge in [0.25, 0.3) is 5.91 Å². The molecule has 0 bridgehead atoms. The van der Waals surface area contributed by atoms with Gasteiger partial charge in [-0.2, -0.15) is 0 Å². The van der Waals surface area contributed by atoms with Crippen LogP contribution in [0, 0.1) is 6.92 Å². The minimum atomic E-state index is -0.477. The Morgan fingerprint density at radius 3 is 2.32 bits per heavy atom. The summed E-state index contributed by atoms with van der Waals surface area (Å²) in [6.07, 6.45) is 1.49. The van der Waals surface area contributed by atoms with E-state index in [1.165, 1.54) is 19.8 Å². The predicted molar refractivity (Wildman–Crippen MR) is 149 cm³/mol. The molecule has 0 saturated carbocycles. The van der Waals surface area contributed by atoms with Crippen LogP contribution < -0.4 is 19.5 Å². The van der Waals surface area contributed by atoms with Gasteiger partial charge in [-0.15, -0.1) is 0 Å². The number of anilines is 1. The van der Waals surface area contributed by atoms with E-state index < -0.39 is 6.09 Å². The van der Waals surface area contributed by atoms with Crippen LogP contribution in [0.4, 0.5) is 10.5 Å². The van der Waals surface area contributed by atoms with Crippen LogP contribution in [0.3, 0.4) is 0 Å². The van der Waals surface area contributed by atoms with Gasteiger partial charge in [0.15, 0.2) is 17.2 Å². The molecule has 0 aliphatic carbocycles. The maximum atomic E-state index is 13.4. The number of aryl methyl sites for hydroxylation is 1. The average Bonchev–Trinajstić information content (AvgIpc) is 3.32. The molecule has 0 unspecified atom stereocenters. The fourth-order valence-corrected chi connectivity index (χ4v) is 4.42. The molecule has 0 saturated heterocycles. The van der Waals surface area contributed by atoms with Gasteiger partial charge in [0.05, 0.1) is 25.4 Å². The number of carbonyl (C=O) groups excluding carboxylic acids is 2. The van der Waals surface area contributed by atoms with Gasteiger partial charge in [-0.1, -0.05) is 29.8 Å². The van der Waals surface area contributed by atoms with Gasteiger partial charge >= 0.3 is 6.09 Å². The molecule has 198 valence electrons. The Bertz CT molecular complexity index is 1460. The molecular weight excluding hydrogens is 482 g/mol. The Hall–Kier alpha value is -4.46. The molecule has 8 heteroatoms. The zero-order chi connectivity index (χ0) is 27.2. The van der Waals surface area contributed by atoms with Crippen molar-refractivity contribution in [1.29, 1.82) is 0 Å². The van der Waals surface area contributed by atoms with Gasteiger partial charge in [0.1, 0.15) is 0 Å². The SMILES string of the molecule is CCN(CC)C(=O)Oc1ccc2c(ccn2Cc2cccc(C)c2)c1NC(=O)c1ccc(OC)c(OC)c1. The van der Waals surface area contributed by atoms with Crippen molar-refractivity contribution in [3.63, 3.8) is 0 Å². The number of ether oxygens (including phenoxy) is 3. The van der Waals surface area contributed by atoms with E-state index >= 15 is 0 Å². The zero-order valence-corrected chi connectivity index (χ0v) is 22.4. The molecule has 1 N–H and O–H groups in total. The number of hydrogen-bond donors (Lipinski definition) is 1. The molecule has 38 heavy (non-hydrogen) atoms. The van der Waals surface area contributed by atoms with Crippen LogP contribution >= 0.6 is 0 Å². The molecular formula is C30H33N3O5. The van der Waals surface area contributed by atoms with E-state index in [4.69, 9.17) is 14.2 Å². The lowest BCUT2D eigenvalue weighted by molar-refractivity contribution is 0.102. The summed E-state index contributed by atoms with van der Waals surface area (Å²) >= 11 is 0. The van der Waals surface area contributed by atoms with E-state index in [0.29, 0.717) is 42.4 Å². The highest BCUT2D eigenvalue weighted by molar-refractivity contribution is 6.11. The molecule has 0 spiro atoms. The van der Waals surface area contributed by atoms with Crippen LogP contribution in [-0.2, 0) is 6.54 Å². The van der Waals surface area contributed by atoms with Gasteiger partial charge in [-0.3, -0.25) is 4.79 Å². The zero-order valence-electron chi connectivity index (χ0n) is 22.4. The number of nitrogens with one attached hydrogen (secondary N) is 1. The van der Waals surface area contributed by atoms with Crippen molar-refractivity contribution in [2.24, 2.45) is 0 Å². The van der Waals surface area contributed by atoms with Crippen LogP contribution in [0.5, 0.6) is 17.2 Å². The van der Waals surface area contributed by atoms with Crippen LogP contribution in [-0.4, -0.2) is 48.8 Å².